The van der Waals surface area contributed by atoms with Gasteiger partial charge >= 0.3 is 17.6 Å². The lowest BCUT2D eigenvalue weighted by molar-refractivity contribution is -0.148. The number of carbonyl (C=O) groups excluding carboxylic acids is 2. The van der Waals surface area contributed by atoms with Crippen LogP contribution < -0.4 is 17.0 Å². The number of hydrogen-bond acceptors (Lipinski definition) is 14. The third kappa shape index (κ3) is 11.8. The summed E-state index contributed by atoms with van der Waals surface area (Å²) in [6.45, 7) is 26.0. The van der Waals surface area contributed by atoms with Crippen molar-refractivity contribution in [2.45, 2.75) is 161 Å². The van der Waals surface area contributed by atoms with E-state index in [0.29, 0.717) is 12.8 Å². The maximum absolute atomic E-state index is 14.5. The van der Waals surface area contributed by atoms with E-state index in [-0.39, 0.29) is 73.8 Å². The molecule has 19 heteroatoms. The summed E-state index contributed by atoms with van der Waals surface area (Å²) in [6.07, 6.45) is 0.994. The quantitative estimate of drug-likeness (QED) is 0.0803. The van der Waals surface area contributed by atoms with E-state index in [1.807, 2.05) is 47.7 Å². The van der Waals surface area contributed by atoms with Crippen LogP contribution in [0.5, 0.6) is 0 Å². The Morgan fingerprint density at radius 2 is 1.45 bits per heavy atom. The van der Waals surface area contributed by atoms with E-state index in [0.717, 1.165) is 22.8 Å². The van der Waals surface area contributed by atoms with Crippen molar-refractivity contribution in [2.75, 3.05) is 39.5 Å². The molecule has 58 heavy (non-hydrogen) atoms. The number of ether oxygens (including phenoxy) is 3. The number of esters is 2. The molecule has 1 fully saturated rings. The highest BCUT2D eigenvalue weighted by atomic mass is 32.2. The Hall–Kier alpha value is -2.66. The van der Waals surface area contributed by atoms with Crippen molar-refractivity contribution in [3.05, 3.63) is 43.7 Å². The standard InChI is InChI=1S/C39H70N4O12SSi2/c1-14-16-21-50-31(44)24-41(25-32(45)51-22-17-15-2)19-18-20-42-34(46)28(3)23-43(36(42)47)35-33(54-58(12,13)38(7,8)9)39(29(40)27-56(48,49)55-39)30(53-35)26-52-57(10,11)37(4,5)6/h23,27,30,33,35H,14-22,24-26,40H2,1-13H3/t30-,33+,35-,39-/m1/s1. The fourth-order valence-electron chi connectivity index (χ4n) is 6.14. The van der Waals surface area contributed by atoms with E-state index in [4.69, 9.17) is 33.0 Å². The van der Waals surface area contributed by atoms with Gasteiger partial charge in [-0.15, -0.1) is 0 Å². The number of carbonyl (C=O) groups is 2. The number of aromatic nitrogens is 2. The molecule has 0 amide bonds. The Labute approximate surface area is 347 Å². The lowest BCUT2D eigenvalue weighted by atomic mass is 9.89. The molecular weight excluding hydrogens is 805 g/mol. The predicted octanol–water partition coefficient (Wildman–Crippen LogP) is 4.91. The third-order valence-corrected chi connectivity index (χ3v) is 21.8. The van der Waals surface area contributed by atoms with Gasteiger partial charge in [0.1, 0.15) is 12.2 Å². The van der Waals surface area contributed by atoms with Gasteiger partial charge in [0, 0.05) is 24.8 Å². The summed E-state index contributed by atoms with van der Waals surface area (Å²) in [5.41, 5.74) is 3.53. The van der Waals surface area contributed by atoms with E-state index in [2.05, 4.69) is 33.9 Å². The van der Waals surface area contributed by atoms with E-state index in [9.17, 15) is 27.6 Å². The predicted molar refractivity (Wildman–Crippen MR) is 227 cm³/mol. The van der Waals surface area contributed by atoms with Crippen molar-refractivity contribution >= 4 is 38.7 Å². The Kier molecular flexibility index (Phi) is 16.6. The van der Waals surface area contributed by atoms with Gasteiger partial charge in [-0.25, -0.2) is 8.98 Å². The molecule has 0 bridgehead atoms. The van der Waals surface area contributed by atoms with Crippen LogP contribution in [0, 0.1) is 6.92 Å². The van der Waals surface area contributed by atoms with Gasteiger partial charge in [-0.3, -0.25) is 28.4 Å². The number of rotatable bonds is 20. The van der Waals surface area contributed by atoms with Crippen LogP contribution in [0.15, 0.2) is 26.9 Å². The summed E-state index contributed by atoms with van der Waals surface area (Å²) in [7, 11) is -9.56. The van der Waals surface area contributed by atoms with Crippen LogP contribution in [0.25, 0.3) is 0 Å². The molecule has 332 valence electrons. The molecule has 0 radical (unpaired) electrons. The summed E-state index contributed by atoms with van der Waals surface area (Å²) in [6, 6.07) is 0. The molecule has 3 heterocycles. The average molecular weight is 875 g/mol. The SMILES string of the molecule is CCCCOC(=O)CN(CCCn1c(=O)c(C)cn([C@@H]2O[C@H](CO[Si](C)(C)C(C)(C)C)[C@@]3(OS(=O)(=O)C=C3N)[C@H]2O[Si](C)(C)C(C)(C)C)c1=O)CC(=O)OCCCC. The molecule has 1 aromatic heterocycles. The van der Waals surface area contributed by atoms with Gasteiger partial charge in [0.15, 0.2) is 28.5 Å². The van der Waals surface area contributed by atoms with Gasteiger partial charge in [-0.1, -0.05) is 68.2 Å². The lowest BCUT2D eigenvalue weighted by Crippen LogP contribution is -2.59. The van der Waals surface area contributed by atoms with Crippen molar-refractivity contribution in [1.29, 1.82) is 0 Å². The number of nitrogens with two attached hydrogens (primary N) is 1. The molecule has 3 rings (SSSR count). The minimum absolute atomic E-state index is 0.0813. The van der Waals surface area contributed by atoms with Crippen LogP contribution in [0.3, 0.4) is 0 Å². The minimum Gasteiger partial charge on any atom is -0.465 e. The molecule has 2 N–H and O–H groups in total. The van der Waals surface area contributed by atoms with Crippen LogP contribution in [-0.4, -0.2) is 108 Å². The number of hydrogen-bond donors (Lipinski definition) is 1. The zero-order chi connectivity index (χ0) is 44.1. The molecule has 2 aliphatic rings. The molecule has 0 unspecified atom stereocenters. The van der Waals surface area contributed by atoms with Gasteiger partial charge in [-0.2, -0.15) is 8.42 Å². The van der Waals surface area contributed by atoms with Crippen LogP contribution in [0.2, 0.25) is 36.3 Å². The van der Waals surface area contributed by atoms with Crippen molar-refractivity contribution in [3.8, 4) is 0 Å². The first kappa shape index (κ1) is 49.7. The first-order valence-corrected chi connectivity index (χ1v) is 27.7. The van der Waals surface area contributed by atoms with Crippen molar-refractivity contribution < 1.29 is 45.3 Å². The summed E-state index contributed by atoms with van der Waals surface area (Å²) in [5.74, 6) is -0.997. The highest BCUT2D eigenvalue weighted by Crippen LogP contribution is 2.52. The van der Waals surface area contributed by atoms with E-state index in [1.165, 1.54) is 10.8 Å². The number of unbranched alkanes of at least 4 members (excludes halogenated alkanes) is 2. The minimum atomic E-state index is -4.31. The topological polar surface area (TPSA) is 197 Å². The van der Waals surface area contributed by atoms with Crippen molar-refractivity contribution in [3.63, 3.8) is 0 Å². The Balaban J connectivity index is 2.09. The van der Waals surface area contributed by atoms with Gasteiger partial charge in [0.05, 0.1) is 44.0 Å². The van der Waals surface area contributed by atoms with Crippen LogP contribution in [0.1, 0.15) is 99.3 Å². The zero-order valence-electron chi connectivity index (χ0n) is 37.1. The van der Waals surface area contributed by atoms with Gasteiger partial charge < -0.3 is 28.8 Å². The summed E-state index contributed by atoms with van der Waals surface area (Å²) in [5, 5.41) is 0.282. The Morgan fingerprint density at radius 1 is 0.914 bits per heavy atom. The van der Waals surface area contributed by atoms with Crippen molar-refractivity contribution in [1.82, 2.24) is 14.0 Å². The molecule has 4 atom stereocenters. The van der Waals surface area contributed by atoms with Gasteiger partial charge in [0.25, 0.3) is 15.7 Å². The van der Waals surface area contributed by atoms with Gasteiger partial charge in [0.2, 0.25) is 0 Å². The number of aryl methyl sites for hydroxylation is 1. The second-order valence-corrected chi connectivity index (χ2v) is 29.5. The fourth-order valence-corrected chi connectivity index (χ4v) is 9.64. The van der Waals surface area contributed by atoms with Gasteiger partial charge in [-0.05, 0) is 62.5 Å². The third-order valence-electron chi connectivity index (χ3n) is 11.8. The molecular formula is C39H70N4O12SSi2. The first-order chi connectivity index (χ1) is 26.6. The average Bonchev–Trinajstić information content (AvgIpc) is 3.52. The molecule has 2 aliphatic heterocycles. The maximum atomic E-state index is 14.5. The summed E-state index contributed by atoms with van der Waals surface area (Å²) < 4.78 is 65.7. The molecule has 1 spiro atoms. The molecule has 0 aliphatic carbocycles. The zero-order valence-corrected chi connectivity index (χ0v) is 39.9. The fraction of sp³-hybridized carbons (Fsp3) is 0.795. The highest BCUT2D eigenvalue weighted by molar-refractivity contribution is 7.90. The Bertz CT molecular complexity index is 1840. The van der Waals surface area contributed by atoms with Crippen molar-refractivity contribution in [2.24, 2.45) is 5.73 Å². The second kappa shape index (κ2) is 19.4. The molecule has 0 aromatic carbocycles. The first-order valence-electron chi connectivity index (χ1n) is 20.4. The maximum Gasteiger partial charge on any atom is 0.333 e. The van der Waals surface area contributed by atoms with E-state index in [1.54, 1.807) is 11.8 Å². The molecule has 0 saturated carbocycles. The monoisotopic (exact) mass is 874 g/mol. The molecule has 16 nitrogen and oxygen atoms in total. The number of nitrogens with zero attached hydrogens (tertiary/aromatic N) is 3. The normalized spacial score (nSPS) is 22.4. The van der Waals surface area contributed by atoms with Crippen LogP contribution in [-0.2, 0) is 53.5 Å². The van der Waals surface area contributed by atoms with E-state index >= 15 is 0 Å². The summed E-state index contributed by atoms with van der Waals surface area (Å²) in [4.78, 5) is 55.1. The van der Waals surface area contributed by atoms with Crippen LogP contribution >= 0.6 is 0 Å². The lowest BCUT2D eigenvalue weighted by Gasteiger charge is -2.43. The highest BCUT2D eigenvalue weighted by Gasteiger charge is 2.67. The Morgan fingerprint density at radius 3 is 1.91 bits per heavy atom. The van der Waals surface area contributed by atoms with Crippen LogP contribution in [0.4, 0.5) is 0 Å². The smallest absolute Gasteiger partial charge is 0.333 e. The molecule has 1 saturated heterocycles. The molecule has 1 aromatic rings. The summed E-state index contributed by atoms with van der Waals surface area (Å²) >= 11 is 0. The largest absolute Gasteiger partial charge is 0.465 e. The second-order valence-electron chi connectivity index (χ2n) is 18.5. The van der Waals surface area contributed by atoms with E-state index < -0.39 is 74.0 Å².